The predicted molar refractivity (Wildman–Crippen MR) is 115 cm³/mol. The van der Waals surface area contributed by atoms with Crippen LogP contribution in [0.1, 0.15) is 21.5 Å². The van der Waals surface area contributed by atoms with Gasteiger partial charge in [0.25, 0.3) is 0 Å². The zero-order valence-electron chi connectivity index (χ0n) is 16.3. The number of nitrogens with zero attached hydrogens (tertiary/aromatic N) is 1. The van der Waals surface area contributed by atoms with Gasteiger partial charge >= 0.3 is 5.97 Å². The van der Waals surface area contributed by atoms with Crippen LogP contribution in [0.25, 0.3) is 0 Å². The summed E-state index contributed by atoms with van der Waals surface area (Å²) < 4.78 is 5.19. The number of nitrogens with one attached hydrogen (secondary N) is 1. The molecule has 0 amide bonds. The Morgan fingerprint density at radius 2 is 1.37 bits per heavy atom. The molecule has 2 N–H and O–H groups in total. The fourth-order valence-corrected chi connectivity index (χ4v) is 2.72. The summed E-state index contributed by atoms with van der Waals surface area (Å²) >= 11 is 0. The maximum absolute atomic E-state index is 12.4. The zero-order valence-corrected chi connectivity index (χ0v) is 16.3. The fraction of sp³-hybridized carbons (Fsp3) is 0.0417. The van der Waals surface area contributed by atoms with Gasteiger partial charge in [-0.15, -0.1) is 0 Å². The Bertz CT molecular complexity index is 1070. The molecule has 0 unspecified atom stereocenters. The molecule has 6 nitrogen and oxygen atoms in total. The van der Waals surface area contributed by atoms with Gasteiger partial charge in [-0.3, -0.25) is 10.2 Å². The van der Waals surface area contributed by atoms with Crippen LogP contribution in [0.4, 0.5) is 0 Å². The third-order valence-electron chi connectivity index (χ3n) is 4.26. The number of aliphatic carboxylic acids is 1. The molecule has 0 aromatic heterocycles. The van der Waals surface area contributed by atoms with Crippen molar-refractivity contribution in [2.75, 3.05) is 7.11 Å². The summed E-state index contributed by atoms with van der Waals surface area (Å²) in [6, 6.07) is 25.0. The van der Waals surface area contributed by atoms with E-state index < -0.39 is 11.8 Å². The molecule has 150 valence electrons. The lowest BCUT2D eigenvalue weighted by Crippen LogP contribution is -2.19. The predicted octanol–water partition coefficient (Wildman–Crippen LogP) is 3.89. The first-order valence-electron chi connectivity index (χ1n) is 9.16. The number of hydrazone groups is 1. The number of carboxylic acid groups (broad SMARTS) is 1. The molecule has 0 radical (unpaired) electrons. The second-order valence-electron chi connectivity index (χ2n) is 6.26. The molecule has 0 saturated carbocycles. The molecule has 0 aliphatic carbocycles. The van der Waals surface area contributed by atoms with Crippen molar-refractivity contribution in [2.45, 2.75) is 0 Å². The lowest BCUT2D eigenvalue weighted by Gasteiger charge is -2.10. The van der Waals surface area contributed by atoms with Crippen LogP contribution in [0.5, 0.6) is 5.75 Å². The normalized spacial score (nSPS) is 11.6. The van der Waals surface area contributed by atoms with Crippen molar-refractivity contribution in [1.82, 2.24) is 5.43 Å². The highest BCUT2D eigenvalue weighted by atomic mass is 16.5. The van der Waals surface area contributed by atoms with Crippen molar-refractivity contribution in [3.05, 3.63) is 113 Å². The number of carbonyl (C=O) groups excluding carboxylic acids is 1. The molecule has 0 saturated heterocycles. The third kappa shape index (κ3) is 5.20. The number of carboxylic acids is 1. The van der Waals surface area contributed by atoms with Crippen LogP contribution in [-0.4, -0.2) is 29.7 Å². The monoisotopic (exact) mass is 400 g/mol. The van der Waals surface area contributed by atoms with Crippen LogP contribution in [0, 0.1) is 0 Å². The first-order chi connectivity index (χ1) is 14.6. The first-order valence-corrected chi connectivity index (χ1v) is 9.16. The molecule has 6 heteroatoms. The van der Waals surface area contributed by atoms with Gasteiger partial charge in [0.1, 0.15) is 11.4 Å². The minimum atomic E-state index is -1.29. The summed E-state index contributed by atoms with van der Waals surface area (Å²) in [6.07, 6.45) is 1.03. The van der Waals surface area contributed by atoms with Gasteiger partial charge in [-0.05, 0) is 24.3 Å². The van der Waals surface area contributed by atoms with Crippen LogP contribution < -0.4 is 10.2 Å². The maximum Gasteiger partial charge on any atom is 0.353 e. The van der Waals surface area contributed by atoms with E-state index in [1.54, 1.807) is 49.6 Å². The SMILES string of the molecule is COc1ccc(C(=NNC(=CC(=O)c2ccccc2)C(=O)O)c2ccccc2)cc1. The number of ketones is 1. The van der Waals surface area contributed by atoms with Crippen LogP contribution >= 0.6 is 0 Å². The van der Waals surface area contributed by atoms with Gasteiger partial charge in [0.2, 0.25) is 0 Å². The van der Waals surface area contributed by atoms with E-state index in [1.807, 2.05) is 42.5 Å². The molecule has 0 aliphatic heterocycles. The second-order valence-corrected chi connectivity index (χ2v) is 6.26. The number of rotatable bonds is 8. The van der Waals surface area contributed by atoms with E-state index >= 15 is 0 Å². The number of allylic oxidation sites excluding steroid dienone is 1. The number of methoxy groups -OCH3 is 1. The molecule has 0 fully saturated rings. The van der Waals surface area contributed by atoms with Crippen molar-refractivity contribution >= 4 is 17.5 Å². The fourth-order valence-electron chi connectivity index (χ4n) is 2.72. The summed E-state index contributed by atoms with van der Waals surface area (Å²) in [7, 11) is 1.58. The minimum Gasteiger partial charge on any atom is -0.497 e. The number of ether oxygens (including phenoxy) is 1. The number of hydrogen-bond donors (Lipinski definition) is 2. The highest BCUT2D eigenvalue weighted by Crippen LogP contribution is 2.16. The Morgan fingerprint density at radius 1 is 0.833 bits per heavy atom. The van der Waals surface area contributed by atoms with Crippen LogP contribution in [0.2, 0.25) is 0 Å². The first kappa shape index (κ1) is 20.5. The quantitative estimate of drug-likeness (QED) is 0.259. The Balaban J connectivity index is 1.95. The average molecular weight is 400 g/mol. The largest absolute Gasteiger partial charge is 0.497 e. The van der Waals surface area contributed by atoms with E-state index in [0.29, 0.717) is 17.0 Å². The minimum absolute atomic E-state index is 0.328. The number of carbonyl (C=O) groups is 2. The van der Waals surface area contributed by atoms with E-state index in [-0.39, 0.29) is 5.70 Å². The molecule has 0 bridgehead atoms. The van der Waals surface area contributed by atoms with Crippen molar-refractivity contribution in [3.63, 3.8) is 0 Å². The lowest BCUT2D eigenvalue weighted by molar-refractivity contribution is -0.133. The molecule has 3 rings (SSSR count). The van der Waals surface area contributed by atoms with Crippen molar-refractivity contribution in [1.29, 1.82) is 0 Å². The van der Waals surface area contributed by atoms with Gasteiger partial charge in [0, 0.05) is 22.8 Å². The lowest BCUT2D eigenvalue weighted by atomic mass is 10.0. The van der Waals surface area contributed by atoms with Gasteiger partial charge in [0.15, 0.2) is 5.78 Å². The molecule has 0 atom stereocenters. The number of hydrogen-bond acceptors (Lipinski definition) is 5. The van der Waals surface area contributed by atoms with Gasteiger partial charge in [-0.25, -0.2) is 4.79 Å². The Hall–Kier alpha value is -4.19. The average Bonchev–Trinajstić information content (AvgIpc) is 2.80. The number of benzene rings is 3. The van der Waals surface area contributed by atoms with E-state index in [1.165, 1.54) is 0 Å². The van der Waals surface area contributed by atoms with Gasteiger partial charge in [-0.2, -0.15) is 5.10 Å². The van der Waals surface area contributed by atoms with Gasteiger partial charge < -0.3 is 9.84 Å². The van der Waals surface area contributed by atoms with E-state index in [4.69, 9.17) is 4.74 Å². The van der Waals surface area contributed by atoms with E-state index in [0.717, 1.165) is 17.2 Å². The smallest absolute Gasteiger partial charge is 0.353 e. The summed E-state index contributed by atoms with van der Waals surface area (Å²) in [5.41, 5.74) is 4.67. The van der Waals surface area contributed by atoms with Crippen molar-refractivity contribution < 1.29 is 19.4 Å². The van der Waals surface area contributed by atoms with Crippen LogP contribution in [-0.2, 0) is 4.79 Å². The third-order valence-corrected chi connectivity index (χ3v) is 4.26. The van der Waals surface area contributed by atoms with E-state index in [2.05, 4.69) is 10.5 Å². The molecule has 30 heavy (non-hydrogen) atoms. The molecule has 0 spiro atoms. The maximum atomic E-state index is 12.4. The Kier molecular flexibility index (Phi) is 6.74. The van der Waals surface area contributed by atoms with Crippen LogP contribution in [0.3, 0.4) is 0 Å². The molecular weight excluding hydrogens is 380 g/mol. The molecular formula is C24H20N2O4. The topological polar surface area (TPSA) is 88.0 Å². The van der Waals surface area contributed by atoms with Crippen molar-refractivity contribution in [2.24, 2.45) is 5.10 Å². The second kappa shape index (κ2) is 9.84. The molecule has 0 aliphatic rings. The summed E-state index contributed by atoms with van der Waals surface area (Å²) in [6.45, 7) is 0. The molecule has 0 heterocycles. The van der Waals surface area contributed by atoms with E-state index in [9.17, 15) is 14.7 Å². The van der Waals surface area contributed by atoms with Crippen molar-refractivity contribution in [3.8, 4) is 5.75 Å². The Labute approximate surface area is 174 Å². The Morgan fingerprint density at radius 3 is 1.90 bits per heavy atom. The molecule has 3 aromatic carbocycles. The van der Waals surface area contributed by atoms with Gasteiger partial charge in [0.05, 0.1) is 12.8 Å². The summed E-state index contributed by atoms with van der Waals surface area (Å²) in [4.78, 5) is 24.0. The summed E-state index contributed by atoms with van der Waals surface area (Å²) in [5, 5.41) is 13.8. The highest BCUT2D eigenvalue weighted by molar-refractivity contribution is 6.13. The zero-order chi connectivity index (χ0) is 21.3. The van der Waals surface area contributed by atoms with Gasteiger partial charge in [-0.1, -0.05) is 60.7 Å². The summed E-state index contributed by atoms with van der Waals surface area (Å²) in [5.74, 6) is -1.02. The molecule has 3 aromatic rings. The standard InChI is InChI=1S/C24H20N2O4/c1-30-20-14-12-19(13-15-20)23(18-10-6-3-7-11-18)26-25-21(24(28)29)16-22(27)17-8-4-2-5-9-17/h2-16,25H,1H3,(H,28,29). The van der Waals surface area contributed by atoms with Crippen LogP contribution in [0.15, 0.2) is 102 Å². The highest BCUT2D eigenvalue weighted by Gasteiger charge is 2.13.